The lowest BCUT2D eigenvalue weighted by molar-refractivity contribution is 0.0952. The number of amides is 1. The Labute approximate surface area is 167 Å². The molecule has 2 N–H and O–H groups in total. The van der Waals surface area contributed by atoms with Crippen LogP contribution >= 0.6 is 11.6 Å². The molecule has 7 heteroatoms. The van der Waals surface area contributed by atoms with Crippen molar-refractivity contribution in [3.05, 3.63) is 64.7 Å². The fourth-order valence-corrected chi connectivity index (χ4v) is 2.94. The molecular weight excluding hydrogens is 380 g/mol. The number of methoxy groups -OCH3 is 1. The third-order valence-corrected chi connectivity index (χ3v) is 4.33. The first-order valence-corrected chi connectivity index (χ1v) is 8.96. The molecule has 0 radical (unpaired) electrons. The van der Waals surface area contributed by atoms with Gasteiger partial charge in [0.25, 0.3) is 5.91 Å². The number of hydrogen-bond acceptors (Lipinski definition) is 5. The van der Waals surface area contributed by atoms with E-state index < -0.39 is 5.91 Å². The average Bonchev–Trinajstić information content (AvgIpc) is 2.70. The zero-order valence-electron chi connectivity index (χ0n) is 15.4. The minimum Gasteiger partial charge on any atom is -0.503 e. The van der Waals surface area contributed by atoms with E-state index in [2.05, 4.69) is 10.5 Å². The highest BCUT2D eigenvalue weighted by Gasteiger charge is 2.13. The van der Waals surface area contributed by atoms with Crippen molar-refractivity contribution in [2.75, 3.05) is 13.7 Å². The van der Waals surface area contributed by atoms with Gasteiger partial charge in [0, 0.05) is 0 Å². The molecule has 144 valence electrons. The lowest BCUT2D eigenvalue weighted by Gasteiger charge is -2.09. The number of halogens is 1. The van der Waals surface area contributed by atoms with Gasteiger partial charge in [0.05, 0.1) is 30.5 Å². The number of fused-ring (bicyclic) bond motifs is 1. The van der Waals surface area contributed by atoms with Gasteiger partial charge in [-0.05, 0) is 47.5 Å². The van der Waals surface area contributed by atoms with Crippen molar-refractivity contribution in [3.8, 4) is 17.2 Å². The maximum absolute atomic E-state index is 12.6. The second kappa shape index (κ2) is 8.63. The summed E-state index contributed by atoms with van der Waals surface area (Å²) in [7, 11) is 1.51. The summed E-state index contributed by atoms with van der Waals surface area (Å²) >= 11 is 5.99. The highest BCUT2D eigenvalue weighted by atomic mass is 35.5. The SMILES string of the molecule is CCOc1cc(/C=N/NC(=O)c2cc3ccccc3cc2OC)cc(Cl)c1O. The van der Waals surface area contributed by atoms with Gasteiger partial charge in [-0.15, -0.1) is 0 Å². The predicted octanol–water partition coefficient (Wildman–Crippen LogP) is 4.37. The van der Waals surface area contributed by atoms with E-state index in [9.17, 15) is 9.90 Å². The van der Waals surface area contributed by atoms with Crippen LogP contribution in [0.5, 0.6) is 17.2 Å². The number of hydrogen-bond donors (Lipinski definition) is 2. The van der Waals surface area contributed by atoms with E-state index in [1.807, 2.05) is 30.3 Å². The Balaban J connectivity index is 1.81. The van der Waals surface area contributed by atoms with E-state index in [0.29, 0.717) is 23.5 Å². The molecule has 0 bridgehead atoms. The number of hydrazone groups is 1. The minimum absolute atomic E-state index is 0.134. The highest BCUT2D eigenvalue weighted by molar-refractivity contribution is 6.32. The molecular formula is C21H19ClN2O4. The lowest BCUT2D eigenvalue weighted by atomic mass is 10.1. The van der Waals surface area contributed by atoms with Crippen LogP contribution in [0.4, 0.5) is 0 Å². The monoisotopic (exact) mass is 398 g/mol. The van der Waals surface area contributed by atoms with Crippen molar-refractivity contribution in [1.29, 1.82) is 0 Å². The topological polar surface area (TPSA) is 80.2 Å². The Bertz CT molecular complexity index is 1050. The van der Waals surface area contributed by atoms with Gasteiger partial charge in [-0.25, -0.2) is 5.43 Å². The Morgan fingerprint density at radius 3 is 2.57 bits per heavy atom. The molecule has 1 amide bonds. The molecule has 3 rings (SSSR count). The number of aromatic hydroxyl groups is 1. The minimum atomic E-state index is -0.409. The maximum Gasteiger partial charge on any atom is 0.275 e. The fourth-order valence-electron chi connectivity index (χ4n) is 2.73. The molecule has 0 aliphatic carbocycles. The summed E-state index contributed by atoms with van der Waals surface area (Å²) in [4.78, 5) is 12.6. The number of rotatable bonds is 6. The molecule has 0 fully saturated rings. The van der Waals surface area contributed by atoms with Crippen molar-refractivity contribution in [3.63, 3.8) is 0 Å². The van der Waals surface area contributed by atoms with Crippen molar-refractivity contribution < 1.29 is 19.4 Å². The van der Waals surface area contributed by atoms with Crippen molar-refractivity contribution in [1.82, 2.24) is 5.43 Å². The van der Waals surface area contributed by atoms with Crippen LogP contribution in [0.1, 0.15) is 22.8 Å². The zero-order chi connectivity index (χ0) is 20.1. The molecule has 0 spiro atoms. The summed E-state index contributed by atoms with van der Waals surface area (Å²) in [6, 6.07) is 14.4. The summed E-state index contributed by atoms with van der Waals surface area (Å²) in [5.41, 5.74) is 3.42. The molecule has 0 unspecified atom stereocenters. The van der Waals surface area contributed by atoms with Gasteiger partial charge < -0.3 is 14.6 Å². The van der Waals surface area contributed by atoms with Crippen LogP contribution in [0, 0.1) is 0 Å². The Hall–Kier alpha value is -3.25. The average molecular weight is 399 g/mol. The molecule has 0 heterocycles. The Kier molecular flexibility index (Phi) is 6.01. The first-order valence-electron chi connectivity index (χ1n) is 8.59. The first kappa shape index (κ1) is 19.5. The fraction of sp³-hybridized carbons (Fsp3) is 0.143. The van der Waals surface area contributed by atoms with Crippen LogP contribution < -0.4 is 14.9 Å². The van der Waals surface area contributed by atoms with Crippen LogP contribution in [-0.4, -0.2) is 30.9 Å². The van der Waals surface area contributed by atoms with Gasteiger partial charge in [-0.1, -0.05) is 35.9 Å². The molecule has 0 aliphatic rings. The predicted molar refractivity (Wildman–Crippen MR) is 110 cm³/mol. The number of phenols is 1. The smallest absolute Gasteiger partial charge is 0.275 e. The molecule has 3 aromatic rings. The van der Waals surface area contributed by atoms with Gasteiger partial charge in [-0.2, -0.15) is 5.10 Å². The van der Waals surface area contributed by atoms with E-state index in [-0.39, 0.29) is 16.5 Å². The number of nitrogens with zero attached hydrogens (tertiary/aromatic N) is 1. The zero-order valence-corrected chi connectivity index (χ0v) is 16.2. The van der Waals surface area contributed by atoms with E-state index in [1.54, 1.807) is 19.1 Å². The highest BCUT2D eigenvalue weighted by Crippen LogP contribution is 2.34. The number of carbonyl (C=O) groups excluding carboxylic acids is 1. The lowest BCUT2D eigenvalue weighted by Crippen LogP contribution is -2.18. The number of nitrogens with one attached hydrogen (secondary N) is 1. The quantitative estimate of drug-likeness (QED) is 0.477. The first-order chi connectivity index (χ1) is 13.5. The number of benzene rings is 3. The van der Waals surface area contributed by atoms with Gasteiger partial charge in [0.15, 0.2) is 11.5 Å². The van der Waals surface area contributed by atoms with Crippen LogP contribution in [0.25, 0.3) is 10.8 Å². The summed E-state index contributed by atoms with van der Waals surface area (Å²) in [6.45, 7) is 2.17. The van der Waals surface area contributed by atoms with Gasteiger partial charge in [0.1, 0.15) is 5.75 Å². The Morgan fingerprint density at radius 1 is 1.18 bits per heavy atom. The van der Waals surface area contributed by atoms with Crippen LogP contribution in [-0.2, 0) is 0 Å². The normalized spacial score (nSPS) is 11.0. The van der Waals surface area contributed by atoms with Crippen molar-refractivity contribution >= 4 is 34.5 Å². The molecule has 6 nitrogen and oxygen atoms in total. The third kappa shape index (κ3) is 4.18. The molecule has 0 atom stereocenters. The van der Waals surface area contributed by atoms with Gasteiger partial charge in [0.2, 0.25) is 0 Å². The van der Waals surface area contributed by atoms with Gasteiger partial charge >= 0.3 is 0 Å². The summed E-state index contributed by atoms with van der Waals surface area (Å²) in [6.07, 6.45) is 1.42. The van der Waals surface area contributed by atoms with E-state index in [0.717, 1.165) is 10.8 Å². The second-order valence-corrected chi connectivity index (χ2v) is 6.29. The molecule has 0 aliphatic heterocycles. The van der Waals surface area contributed by atoms with E-state index >= 15 is 0 Å². The van der Waals surface area contributed by atoms with Crippen molar-refractivity contribution in [2.24, 2.45) is 5.10 Å². The third-order valence-electron chi connectivity index (χ3n) is 4.04. The van der Waals surface area contributed by atoms with Crippen LogP contribution in [0.15, 0.2) is 53.6 Å². The molecule has 0 saturated heterocycles. The molecule has 0 aromatic heterocycles. The van der Waals surface area contributed by atoms with E-state index in [4.69, 9.17) is 21.1 Å². The van der Waals surface area contributed by atoms with Crippen LogP contribution in [0.3, 0.4) is 0 Å². The second-order valence-electron chi connectivity index (χ2n) is 5.88. The van der Waals surface area contributed by atoms with Crippen LogP contribution in [0.2, 0.25) is 5.02 Å². The molecule has 28 heavy (non-hydrogen) atoms. The number of carbonyl (C=O) groups is 1. The summed E-state index contributed by atoms with van der Waals surface area (Å²) in [5, 5.41) is 15.9. The summed E-state index contributed by atoms with van der Waals surface area (Å²) < 4.78 is 10.7. The Morgan fingerprint density at radius 2 is 1.89 bits per heavy atom. The largest absolute Gasteiger partial charge is 0.503 e. The summed E-state index contributed by atoms with van der Waals surface area (Å²) in [5.74, 6) is 0.163. The van der Waals surface area contributed by atoms with Gasteiger partial charge in [-0.3, -0.25) is 4.79 Å². The molecule has 0 saturated carbocycles. The maximum atomic E-state index is 12.6. The standard InChI is InChI=1S/C21H19ClN2O4/c1-3-28-19-9-13(8-17(22)20(19)25)12-23-24-21(26)16-10-14-6-4-5-7-15(14)11-18(16)27-2/h4-12,25H,3H2,1-2H3,(H,24,26)/b23-12+. The number of ether oxygens (including phenoxy) is 2. The van der Waals surface area contributed by atoms with Crippen molar-refractivity contribution in [2.45, 2.75) is 6.92 Å². The molecule has 3 aromatic carbocycles. The number of phenolic OH excluding ortho intramolecular Hbond substituents is 1. The van der Waals surface area contributed by atoms with E-state index in [1.165, 1.54) is 19.4 Å².